The van der Waals surface area contributed by atoms with E-state index in [0.29, 0.717) is 12.6 Å². The van der Waals surface area contributed by atoms with Crippen molar-refractivity contribution in [3.8, 4) is 5.69 Å². The minimum Gasteiger partial charge on any atom is -0.354 e. The Bertz CT molecular complexity index is 671. The second-order valence-corrected chi connectivity index (χ2v) is 6.61. The first-order valence-electron chi connectivity index (χ1n) is 8.51. The third-order valence-corrected chi connectivity index (χ3v) is 4.61. The number of hydrogen-bond acceptors (Lipinski definition) is 2. The lowest BCUT2D eigenvalue weighted by Gasteiger charge is -2.24. The average Bonchev–Trinajstić information content (AvgIpc) is 3.09. The van der Waals surface area contributed by atoms with Crippen molar-refractivity contribution in [3.05, 3.63) is 47.2 Å². The van der Waals surface area contributed by atoms with Crippen LogP contribution in [0.5, 0.6) is 0 Å². The number of hydrogen-bond donors (Lipinski definition) is 2. The molecule has 6 heteroatoms. The molecule has 0 spiro atoms. The molecule has 1 aromatic carbocycles. The summed E-state index contributed by atoms with van der Waals surface area (Å²) in [4.78, 5) is 4.32. The van der Waals surface area contributed by atoms with Crippen LogP contribution in [0, 0.1) is 0 Å². The van der Waals surface area contributed by atoms with Crippen molar-refractivity contribution in [1.29, 1.82) is 0 Å². The zero-order valence-corrected chi connectivity index (χ0v) is 14.8. The van der Waals surface area contributed by atoms with Gasteiger partial charge in [0, 0.05) is 36.4 Å². The minimum absolute atomic E-state index is 0.543. The second-order valence-electron chi connectivity index (χ2n) is 6.17. The number of nitrogens with one attached hydrogen (secondary N) is 2. The summed E-state index contributed by atoms with van der Waals surface area (Å²) in [6.45, 7) is 0.694. The van der Waals surface area contributed by atoms with E-state index in [9.17, 15) is 0 Å². The first-order valence-corrected chi connectivity index (χ1v) is 8.89. The molecule has 0 saturated heterocycles. The van der Waals surface area contributed by atoms with Gasteiger partial charge in [0.2, 0.25) is 0 Å². The number of guanidine groups is 1. The van der Waals surface area contributed by atoms with Gasteiger partial charge >= 0.3 is 0 Å². The van der Waals surface area contributed by atoms with Gasteiger partial charge in [0.05, 0.1) is 11.9 Å². The quantitative estimate of drug-likeness (QED) is 0.658. The highest BCUT2D eigenvalue weighted by atomic mass is 35.5. The van der Waals surface area contributed by atoms with Gasteiger partial charge in [-0.1, -0.05) is 30.9 Å². The number of aromatic nitrogens is 2. The topological polar surface area (TPSA) is 54.2 Å². The van der Waals surface area contributed by atoms with E-state index in [1.807, 2.05) is 48.4 Å². The molecule has 128 valence electrons. The van der Waals surface area contributed by atoms with Gasteiger partial charge in [-0.05, 0) is 37.1 Å². The molecule has 5 nitrogen and oxygen atoms in total. The van der Waals surface area contributed by atoms with Gasteiger partial charge in [-0.3, -0.25) is 4.99 Å². The molecule has 2 N–H and O–H groups in total. The summed E-state index contributed by atoms with van der Waals surface area (Å²) in [5, 5.41) is 12.0. The molecule has 0 aliphatic heterocycles. The Kier molecular flexibility index (Phi) is 5.75. The van der Waals surface area contributed by atoms with E-state index in [1.54, 1.807) is 0 Å². The first-order chi connectivity index (χ1) is 11.7. The number of aliphatic imine (C=N–C) groups is 1. The van der Waals surface area contributed by atoms with Crippen molar-refractivity contribution in [1.82, 2.24) is 20.4 Å². The van der Waals surface area contributed by atoms with Gasteiger partial charge in [0.15, 0.2) is 5.96 Å². The SMILES string of the molecule is CN=C(NCc1cnn(-c2ccc(Cl)cc2)c1)NC1CCCCC1. The Balaban J connectivity index is 1.55. The maximum atomic E-state index is 5.93. The summed E-state index contributed by atoms with van der Waals surface area (Å²) in [6.07, 6.45) is 10.3. The molecule has 1 fully saturated rings. The standard InChI is InChI=1S/C18H24ClN5/c1-20-18(23-16-5-3-2-4-6-16)21-11-14-12-22-24(13-14)17-9-7-15(19)8-10-17/h7-10,12-13,16H,2-6,11H2,1H3,(H2,20,21,23). The number of halogens is 1. The van der Waals surface area contributed by atoms with Gasteiger partial charge in [-0.15, -0.1) is 0 Å². The molecule has 0 bridgehead atoms. The van der Waals surface area contributed by atoms with Gasteiger partial charge in [0.1, 0.15) is 0 Å². The van der Waals surface area contributed by atoms with E-state index >= 15 is 0 Å². The fourth-order valence-electron chi connectivity index (χ4n) is 3.01. The molecule has 1 aliphatic carbocycles. The largest absolute Gasteiger partial charge is 0.354 e. The van der Waals surface area contributed by atoms with Crippen LogP contribution in [0.1, 0.15) is 37.7 Å². The van der Waals surface area contributed by atoms with Crippen molar-refractivity contribution < 1.29 is 0 Å². The summed E-state index contributed by atoms with van der Waals surface area (Å²) >= 11 is 5.93. The van der Waals surface area contributed by atoms with Crippen LogP contribution in [-0.4, -0.2) is 28.8 Å². The molecule has 1 saturated carbocycles. The van der Waals surface area contributed by atoms with Crippen LogP contribution in [0.4, 0.5) is 0 Å². The Labute approximate surface area is 148 Å². The van der Waals surface area contributed by atoms with Crippen LogP contribution in [0.15, 0.2) is 41.7 Å². The van der Waals surface area contributed by atoms with Gasteiger partial charge in [-0.25, -0.2) is 4.68 Å². The highest BCUT2D eigenvalue weighted by Crippen LogP contribution is 2.17. The molecule has 2 aromatic rings. The Hall–Kier alpha value is -2.01. The number of benzene rings is 1. The lowest BCUT2D eigenvalue weighted by atomic mass is 9.96. The molecule has 3 rings (SSSR count). The fourth-order valence-corrected chi connectivity index (χ4v) is 3.13. The highest BCUT2D eigenvalue weighted by Gasteiger charge is 2.14. The lowest BCUT2D eigenvalue weighted by Crippen LogP contribution is -2.43. The predicted octanol–water partition coefficient (Wildman–Crippen LogP) is 3.52. The summed E-state index contributed by atoms with van der Waals surface area (Å²) in [6, 6.07) is 8.19. The molecule has 1 aliphatic rings. The summed E-state index contributed by atoms with van der Waals surface area (Å²) in [7, 11) is 1.81. The van der Waals surface area contributed by atoms with Gasteiger partial charge in [0.25, 0.3) is 0 Å². The molecule has 0 atom stereocenters. The number of nitrogens with zero attached hydrogens (tertiary/aromatic N) is 3. The molecular formula is C18H24ClN5. The Morgan fingerprint density at radius 1 is 1.25 bits per heavy atom. The van der Waals surface area contributed by atoms with E-state index in [-0.39, 0.29) is 0 Å². The van der Waals surface area contributed by atoms with Crippen LogP contribution in [0.25, 0.3) is 5.69 Å². The summed E-state index contributed by atoms with van der Waals surface area (Å²) in [5.74, 6) is 0.862. The first kappa shape index (κ1) is 16.8. The van der Waals surface area contributed by atoms with Gasteiger partial charge < -0.3 is 10.6 Å². The molecule has 24 heavy (non-hydrogen) atoms. The van der Waals surface area contributed by atoms with Crippen molar-refractivity contribution >= 4 is 17.6 Å². The Morgan fingerprint density at radius 2 is 2.00 bits per heavy atom. The van der Waals surface area contributed by atoms with E-state index in [0.717, 1.165) is 22.2 Å². The van der Waals surface area contributed by atoms with Crippen molar-refractivity contribution in [2.75, 3.05) is 7.05 Å². The van der Waals surface area contributed by atoms with Crippen molar-refractivity contribution in [3.63, 3.8) is 0 Å². The lowest BCUT2D eigenvalue weighted by molar-refractivity contribution is 0.410. The average molecular weight is 346 g/mol. The van der Waals surface area contributed by atoms with Crippen LogP contribution in [0.3, 0.4) is 0 Å². The van der Waals surface area contributed by atoms with Gasteiger partial charge in [-0.2, -0.15) is 5.10 Å². The molecule has 1 heterocycles. The zero-order chi connectivity index (χ0) is 16.8. The zero-order valence-electron chi connectivity index (χ0n) is 14.0. The normalized spacial score (nSPS) is 16.2. The van der Waals surface area contributed by atoms with E-state index < -0.39 is 0 Å². The third-order valence-electron chi connectivity index (χ3n) is 4.36. The van der Waals surface area contributed by atoms with Crippen LogP contribution < -0.4 is 10.6 Å². The summed E-state index contributed by atoms with van der Waals surface area (Å²) < 4.78 is 1.85. The Morgan fingerprint density at radius 3 is 2.71 bits per heavy atom. The molecular weight excluding hydrogens is 322 g/mol. The predicted molar refractivity (Wildman–Crippen MR) is 98.8 cm³/mol. The summed E-state index contributed by atoms with van der Waals surface area (Å²) in [5.41, 5.74) is 2.10. The molecule has 0 radical (unpaired) electrons. The van der Waals surface area contributed by atoms with Crippen LogP contribution >= 0.6 is 11.6 Å². The van der Waals surface area contributed by atoms with Crippen LogP contribution in [-0.2, 0) is 6.54 Å². The fraction of sp³-hybridized carbons (Fsp3) is 0.444. The number of rotatable bonds is 4. The maximum Gasteiger partial charge on any atom is 0.191 e. The highest BCUT2D eigenvalue weighted by molar-refractivity contribution is 6.30. The van der Waals surface area contributed by atoms with Crippen LogP contribution in [0.2, 0.25) is 5.02 Å². The second kappa shape index (κ2) is 8.20. The van der Waals surface area contributed by atoms with Crippen molar-refractivity contribution in [2.45, 2.75) is 44.7 Å². The van der Waals surface area contributed by atoms with E-state index in [1.165, 1.54) is 32.1 Å². The van der Waals surface area contributed by atoms with Crippen molar-refractivity contribution in [2.24, 2.45) is 4.99 Å². The minimum atomic E-state index is 0.543. The van der Waals surface area contributed by atoms with E-state index in [4.69, 9.17) is 11.6 Å². The molecule has 0 unspecified atom stereocenters. The van der Waals surface area contributed by atoms with E-state index in [2.05, 4.69) is 20.7 Å². The smallest absolute Gasteiger partial charge is 0.191 e. The maximum absolute atomic E-state index is 5.93. The third kappa shape index (κ3) is 4.51. The molecule has 1 aromatic heterocycles. The molecule has 0 amide bonds. The monoisotopic (exact) mass is 345 g/mol.